The van der Waals surface area contributed by atoms with Gasteiger partial charge in [0.05, 0.1) is 24.6 Å². The molecule has 1 aromatic carbocycles. The first kappa shape index (κ1) is 35.8. The van der Waals surface area contributed by atoms with E-state index in [0.717, 1.165) is 4.90 Å². The second kappa shape index (κ2) is 15.7. The minimum absolute atomic E-state index is 0.0335. The zero-order valence-corrected chi connectivity index (χ0v) is 27.4. The summed E-state index contributed by atoms with van der Waals surface area (Å²) in [7, 11) is 1.50. The Morgan fingerprint density at radius 1 is 0.917 bits per heavy atom. The highest BCUT2D eigenvalue weighted by atomic mass is 16.3. The van der Waals surface area contributed by atoms with Crippen molar-refractivity contribution in [3.8, 4) is 0 Å². The van der Waals surface area contributed by atoms with Crippen LogP contribution in [0.15, 0.2) is 53.5 Å². The zero-order chi connectivity index (χ0) is 35.1. The number of carbonyl (C=O) groups is 6. The molecule has 2 aliphatic heterocycles. The molecule has 6 N–H and O–H groups in total. The summed E-state index contributed by atoms with van der Waals surface area (Å²) in [6.07, 6.45) is 1.33. The molecule has 3 heterocycles. The maximum atomic E-state index is 13.8. The number of nitrogens with zero attached hydrogens (tertiary/aromatic N) is 2. The fourth-order valence-electron chi connectivity index (χ4n) is 5.84. The normalized spacial score (nSPS) is 25.9. The summed E-state index contributed by atoms with van der Waals surface area (Å²) in [4.78, 5) is 93.6. The summed E-state index contributed by atoms with van der Waals surface area (Å²) in [5.41, 5.74) is 0.512. The zero-order valence-electron chi connectivity index (χ0n) is 27.4. The van der Waals surface area contributed by atoms with Gasteiger partial charge in [-0.2, -0.15) is 0 Å². The number of aliphatic hydroxyl groups is 1. The van der Waals surface area contributed by atoms with Crippen LogP contribution < -0.4 is 32.1 Å². The molecule has 0 aliphatic carbocycles. The first-order chi connectivity index (χ1) is 22.8. The molecule has 258 valence electrons. The van der Waals surface area contributed by atoms with Crippen molar-refractivity contribution in [2.24, 2.45) is 13.0 Å². The highest BCUT2D eigenvalue weighted by Crippen LogP contribution is 2.22. The van der Waals surface area contributed by atoms with E-state index in [9.17, 15) is 38.7 Å². The average molecular weight is 666 g/mol. The van der Waals surface area contributed by atoms with Crippen LogP contribution in [0.4, 0.5) is 0 Å². The molecule has 0 saturated carbocycles. The minimum Gasteiger partial charge on any atom is -0.394 e. The molecule has 15 heteroatoms. The van der Waals surface area contributed by atoms with E-state index in [1.807, 2.05) is 13.8 Å². The molecule has 15 nitrogen and oxygen atoms in total. The summed E-state index contributed by atoms with van der Waals surface area (Å²) in [5, 5.41) is 23.7. The summed E-state index contributed by atoms with van der Waals surface area (Å²) in [5.74, 6) is -3.87. The topological polar surface area (TPSA) is 208 Å². The van der Waals surface area contributed by atoms with Crippen molar-refractivity contribution in [1.82, 2.24) is 36.1 Å². The molecule has 0 radical (unpaired) electrons. The quantitative estimate of drug-likeness (QED) is 0.222. The Balaban J connectivity index is 1.66. The molecule has 0 bridgehead atoms. The number of hydrogen-bond acceptors (Lipinski definition) is 8. The minimum atomic E-state index is -1.47. The lowest BCUT2D eigenvalue weighted by atomic mass is 10.00. The van der Waals surface area contributed by atoms with Gasteiger partial charge in [0.15, 0.2) is 0 Å². The third-order valence-electron chi connectivity index (χ3n) is 8.39. The smallest absolute Gasteiger partial charge is 0.253 e. The van der Waals surface area contributed by atoms with E-state index in [2.05, 4.69) is 26.6 Å². The Kier molecular flexibility index (Phi) is 11.7. The van der Waals surface area contributed by atoms with Crippen LogP contribution in [0.2, 0.25) is 0 Å². The molecule has 4 rings (SSSR count). The van der Waals surface area contributed by atoms with Crippen molar-refractivity contribution in [2.75, 3.05) is 13.2 Å². The molecule has 2 aliphatic rings. The van der Waals surface area contributed by atoms with Crippen molar-refractivity contribution >= 4 is 35.4 Å². The molecule has 2 aromatic rings. The number of aromatic nitrogens is 1. The molecule has 1 aromatic heterocycles. The van der Waals surface area contributed by atoms with E-state index in [1.165, 1.54) is 36.9 Å². The number of aryl methyl sites for hydroxylation is 1. The fraction of sp³-hybridized carbons (Fsp3) is 0.485. The Bertz CT molecular complexity index is 1590. The monoisotopic (exact) mass is 665 g/mol. The standard InChI is InChI=1S/C33H43N7O8/c1-18(2)12-24-31(46)38-25(17-41)33(48)40-16-22(35-30(45)21-10-11-28(43)39(4)15-21)13-26(40)32(47)34-19(3)29(44)37-23(14-27(42)36-24)20-8-6-5-7-9-20/h5-11,15,18-19,22-26,41H,12-14,16-17H2,1-4H3,(H,34,47)(H,35,45)(H,36,42)(H,37,44)(H,38,46)/t19-,22-,23+,24-,25+,26-/m0/s1. The first-order valence-corrected chi connectivity index (χ1v) is 15.9. The third-order valence-corrected chi connectivity index (χ3v) is 8.39. The summed E-state index contributed by atoms with van der Waals surface area (Å²) in [6.45, 7) is 4.23. The van der Waals surface area contributed by atoms with Gasteiger partial charge in [0.1, 0.15) is 24.2 Å². The van der Waals surface area contributed by atoms with Crippen molar-refractivity contribution in [3.63, 3.8) is 0 Å². The third kappa shape index (κ3) is 8.85. The van der Waals surface area contributed by atoms with Gasteiger partial charge in [-0.1, -0.05) is 44.2 Å². The number of aliphatic hydroxyl groups excluding tert-OH is 1. The average Bonchev–Trinajstić information content (AvgIpc) is 3.47. The van der Waals surface area contributed by atoms with Crippen LogP contribution in [0.1, 0.15) is 62.0 Å². The van der Waals surface area contributed by atoms with Gasteiger partial charge in [0.25, 0.3) is 5.91 Å². The molecule has 2 fully saturated rings. The van der Waals surface area contributed by atoms with E-state index in [0.29, 0.717) is 5.56 Å². The highest BCUT2D eigenvalue weighted by molar-refractivity contribution is 5.97. The van der Waals surface area contributed by atoms with Crippen molar-refractivity contribution in [2.45, 2.75) is 76.3 Å². The van der Waals surface area contributed by atoms with Crippen LogP contribution in [-0.4, -0.2) is 93.4 Å². The van der Waals surface area contributed by atoms with Crippen molar-refractivity contribution in [1.29, 1.82) is 0 Å². The maximum Gasteiger partial charge on any atom is 0.253 e. The summed E-state index contributed by atoms with van der Waals surface area (Å²) >= 11 is 0. The highest BCUT2D eigenvalue weighted by Gasteiger charge is 2.43. The number of fused-ring (bicyclic) bond motifs is 1. The number of carbonyl (C=O) groups excluding carboxylic acids is 6. The van der Waals surface area contributed by atoms with Crippen LogP contribution in [0, 0.1) is 5.92 Å². The summed E-state index contributed by atoms with van der Waals surface area (Å²) in [6, 6.07) is 5.08. The first-order valence-electron chi connectivity index (χ1n) is 15.9. The van der Waals surface area contributed by atoms with Crippen molar-refractivity contribution in [3.05, 3.63) is 70.1 Å². The number of rotatable bonds is 6. The SMILES string of the molecule is CC(C)C[C@@H]1NC(=O)C[C@H](c2ccccc2)NC(=O)[C@H](C)NC(=O)[C@@H]2C[C@H](NC(=O)c3ccc(=O)n(C)c3)CN2C(=O)[C@@H](CO)NC1=O. The van der Waals surface area contributed by atoms with Gasteiger partial charge >= 0.3 is 0 Å². The second-order valence-corrected chi connectivity index (χ2v) is 12.7. The molecule has 48 heavy (non-hydrogen) atoms. The Morgan fingerprint density at radius 3 is 2.27 bits per heavy atom. The van der Waals surface area contributed by atoms with Gasteiger partial charge in [-0.05, 0) is 37.3 Å². The van der Waals surface area contributed by atoms with Crippen LogP contribution in [0.25, 0.3) is 0 Å². The molecular weight excluding hydrogens is 622 g/mol. The van der Waals surface area contributed by atoms with Crippen molar-refractivity contribution < 1.29 is 33.9 Å². The van der Waals surface area contributed by atoms with Gasteiger partial charge in [-0.15, -0.1) is 0 Å². The predicted octanol–water partition coefficient (Wildman–Crippen LogP) is -1.14. The second-order valence-electron chi connectivity index (χ2n) is 12.7. The molecule has 0 unspecified atom stereocenters. The van der Waals surface area contributed by atoms with Gasteiger partial charge in [-0.3, -0.25) is 33.6 Å². The molecule has 0 spiro atoms. The van der Waals surface area contributed by atoms with Crippen LogP contribution >= 0.6 is 0 Å². The lowest BCUT2D eigenvalue weighted by molar-refractivity contribution is -0.143. The lowest BCUT2D eigenvalue weighted by Gasteiger charge is -2.30. The van der Waals surface area contributed by atoms with E-state index < -0.39 is 78.3 Å². The Morgan fingerprint density at radius 2 is 1.62 bits per heavy atom. The lowest BCUT2D eigenvalue weighted by Crippen LogP contribution is -2.59. The Hall–Kier alpha value is -5.05. The molecule has 2 saturated heterocycles. The maximum absolute atomic E-state index is 13.8. The predicted molar refractivity (Wildman–Crippen MR) is 173 cm³/mol. The van der Waals surface area contributed by atoms with Crippen LogP contribution in [0.5, 0.6) is 0 Å². The number of nitrogens with one attached hydrogen (secondary N) is 5. The largest absolute Gasteiger partial charge is 0.394 e. The van der Waals surface area contributed by atoms with E-state index in [4.69, 9.17) is 0 Å². The van der Waals surface area contributed by atoms with Gasteiger partial charge in [0, 0.05) is 31.9 Å². The molecule has 6 amide bonds. The Labute approximate surface area is 277 Å². The fourth-order valence-corrected chi connectivity index (χ4v) is 5.84. The number of amides is 6. The molecular formula is C33H43N7O8. The van der Waals surface area contributed by atoms with Gasteiger partial charge < -0.3 is 41.2 Å². The van der Waals surface area contributed by atoms with Gasteiger partial charge in [0.2, 0.25) is 35.1 Å². The molecule has 6 atom stereocenters. The van der Waals surface area contributed by atoms with E-state index >= 15 is 0 Å². The number of benzene rings is 1. The summed E-state index contributed by atoms with van der Waals surface area (Å²) < 4.78 is 1.24. The van der Waals surface area contributed by atoms with Crippen LogP contribution in [-0.2, 0) is 31.0 Å². The van der Waals surface area contributed by atoms with Gasteiger partial charge in [-0.25, -0.2) is 0 Å². The number of pyridine rings is 1. The number of hydrogen-bond donors (Lipinski definition) is 6. The van der Waals surface area contributed by atoms with E-state index in [-0.39, 0.29) is 42.8 Å². The van der Waals surface area contributed by atoms with E-state index in [1.54, 1.807) is 30.3 Å². The van der Waals surface area contributed by atoms with Crippen LogP contribution in [0.3, 0.4) is 0 Å².